The van der Waals surface area contributed by atoms with E-state index in [2.05, 4.69) is 22.0 Å². The van der Waals surface area contributed by atoms with Crippen LogP contribution in [0.1, 0.15) is 75.0 Å². The van der Waals surface area contributed by atoms with Crippen LogP contribution in [0.2, 0.25) is 0 Å². The first-order chi connectivity index (χ1) is 17.4. The quantitative estimate of drug-likeness (QED) is 0.603. The highest BCUT2D eigenvalue weighted by atomic mass is 16.3. The van der Waals surface area contributed by atoms with Crippen LogP contribution < -0.4 is 5.32 Å². The van der Waals surface area contributed by atoms with Gasteiger partial charge in [-0.15, -0.1) is 0 Å². The summed E-state index contributed by atoms with van der Waals surface area (Å²) in [5, 5.41) is 3.33. The molecule has 1 N–H and O–H groups in total. The Kier molecular flexibility index (Phi) is 7.45. The summed E-state index contributed by atoms with van der Waals surface area (Å²) >= 11 is 0. The van der Waals surface area contributed by atoms with Gasteiger partial charge in [-0.3, -0.25) is 9.59 Å². The zero-order valence-electron chi connectivity index (χ0n) is 22.4. The van der Waals surface area contributed by atoms with Crippen molar-refractivity contribution >= 4 is 22.9 Å². The fourth-order valence-electron chi connectivity index (χ4n) is 6.40. The van der Waals surface area contributed by atoms with Crippen LogP contribution in [0.25, 0.3) is 11.1 Å². The molecule has 8 heteroatoms. The minimum absolute atomic E-state index is 0.0244. The summed E-state index contributed by atoms with van der Waals surface area (Å²) < 4.78 is 7.84. The summed E-state index contributed by atoms with van der Waals surface area (Å²) in [5.41, 5.74) is 1.31. The van der Waals surface area contributed by atoms with E-state index in [-0.39, 0.29) is 17.9 Å². The summed E-state index contributed by atoms with van der Waals surface area (Å²) in [5.74, 6) is 0.723. The molecule has 0 radical (unpaired) electrons. The van der Waals surface area contributed by atoms with Crippen molar-refractivity contribution in [1.82, 2.24) is 24.6 Å². The summed E-state index contributed by atoms with van der Waals surface area (Å²) in [6.07, 6.45) is 7.68. The summed E-state index contributed by atoms with van der Waals surface area (Å²) in [6, 6.07) is 4.03. The van der Waals surface area contributed by atoms with Crippen molar-refractivity contribution in [3.05, 3.63) is 23.6 Å². The highest BCUT2D eigenvalue weighted by molar-refractivity contribution is 6.03. The molecule has 1 saturated carbocycles. The molecule has 1 atom stereocenters. The number of nitrogens with zero attached hydrogens (tertiary/aromatic N) is 4. The lowest BCUT2D eigenvalue weighted by atomic mass is 9.91. The van der Waals surface area contributed by atoms with Crippen LogP contribution in [0.5, 0.6) is 0 Å². The van der Waals surface area contributed by atoms with Crippen molar-refractivity contribution in [2.75, 3.05) is 45.8 Å². The number of furan rings is 1. The molecular weight excluding hydrogens is 454 g/mol. The number of fused-ring (bicyclic) bond motifs is 3. The maximum atomic E-state index is 13.8. The van der Waals surface area contributed by atoms with Gasteiger partial charge in [0.15, 0.2) is 5.58 Å². The van der Waals surface area contributed by atoms with Crippen molar-refractivity contribution in [3.63, 3.8) is 0 Å². The van der Waals surface area contributed by atoms with Crippen LogP contribution >= 0.6 is 0 Å². The number of hydrogen-bond donors (Lipinski definition) is 1. The molecule has 0 spiro atoms. The normalized spacial score (nSPS) is 24.4. The molecule has 8 nitrogen and oxygen atoms in total. The lowest BCUT2D eigenvalue weighted by Gasteiger charge is -2.45. The number of carbonyl (C=O) groups excluding carboxylic acids is 2. The van der Waals surface area contributed by atoms with Crippen LogP contribution in [0, 0.1) is 6.92 Å². The molecule has 4 heterocycles. The number of piperazine rings is 1. The number of aryl methyl sites for hydroxylation is 1. The summed E-state index contributed by atoms with van der Waals surface area (Å²) in [6.45, 7) is 13.6. The number of rotatable bonds is 8. The topological polar surface area (TPSA) is 74.0 Å². The molecule has 0 unspecified atom stereocenters. The van der Waals surface area contributed by atoms with E-state index < -0.39 is 5.54 Å². The zero-order valence-corrected chi connectivity index (χ0v) is 22.4. The third-order valence-corrected chi connectivity index (χ3v) is 8.53. The predicted octanol–water partition coefficient (Wildman–Crippen LogP) is 3.62. The Hall–Kier alpha value is -2.32. The van der Waals surface area contributed by atoms with Gasteiger partial charge in [0.25, 0.3) is 5.91 Å². The standard InChI is InChI=1S/C28H43N5O3/c1-4-11-30-14-16-31(17-15-30)12-8-13-33-26(34)24-19-25-23(18-21(2)36-25)32(24)20-28(33,3)27(35)29-22-9-6-5-7-10-22/h18-19,22H,4-17,20H2,1-3H3,(H,29,35)/t28-/m1/s1. The van der Waals surface area contributed by atoms with Gasteiger partial charge in [-0.05, 0) is 52.6 Å². The highest BCUT2D eigenvalue weighted by Gasteiger charge is 2.48. The van der Waals surface area contributed by atoms with Gasteiger partial charge in [-0.25, -0.2) is 0 Å². The lowest BCUT2D eigenvalue weighted by molar-refractivity contribution is -0.133. The first kappa shape index (κ1) is 25.3. The van der Waals surface area contributed by atoms with E-state index in [1.54, 1.807) is 0 Å². The average Bonchev–Trinajstić information content (AvgIpc) is 3.39. The Morgan fingerprint density at radius 1 is 1.06 bits per heavy atom. The minimum Gasteiger partial charge on any atom is -0.460 e. The van der Waals surface area contributed by atoms with E-state index in [0.29, 0.717) is 18.8 Å². The van der Waals surface area contributed by atoms with E-state index in [0.717, 1.165) is 81.7 Å². The van der Waals surface area contributed by atoms with Crippen molar-refractivity contribution in [3.8, 4) is 0 Å². The Balaban J connectivity index is 1.32. The molecular formula is C28H43N5O3. The maximum Gasteiger partial charge on any atom is 0.271 e. The smallest absolute Gasteiger partial charge is 0.271 e. The largest absolute Gasteiger partial charge is 0.460 e. The molecule has 198 valence electrons. The number of hydrogen-bond acceptors (Lipinski definition) is 5. The van der Waals surface area contributed by atoms with Gasteiger partial charge in [-0.1, -0.05) is 26.2 Å². The molecule has 5 rings (SSSR count). The molecule has 36 heavy (non-hydrogen) atoms. The molecule has 0 aromatic carbocycles. The predicted molar refractivity (Wildman–Crippen MR) is 141 cm³/mol. The number of aromatic nitrogens is 1. The molecule has 1 saturated heterocycles. The average molecular weight is 498 g/mol. The molecule has 0 bridgehead atoms. The van der Waals surface area contributed by atoms with E-state index in [9.17, 15) is 9.59 Å². The van der Waals surface area contributed by atoms with Gasteiger partial charge in [0.2, 0.25) is 5.91 Å². The van der Waals surface area contributed by atoms with Gasteiger partial charge >= 0.3 is 0 Å². The molecule has 3 aliphatic rings. The Morgan fingerprint density at radius 3 is 2.44 bits per heavy atom. The minimum atomic E-state index is -0.932. The fourth-order valence-corrected chi connectivity index (χ4v) is 6.40. The second-order valence-electron chi connectivity index (χ2n) is 11.3. The number of nitrogens with one attached hydrogen (secondary N) is 1. The highest BCUT2D eigenvalue weighted by Crippen LogP contribution is 2.34. The molecule has 2 amide bonds. The second-order valence-corrected chi connectivity index (χ2v) is 11.3. The molecule has 1 aliphatic carbocycles. The van der Waals surface area contributed by atoms with Crippen molar-refractivity contribution in [2.24, 2.45) is 0 Å². The van der Waals surface area contributed by atoms with Gasteiger partial charge in [-0.2, -0.15) is 0 Å². The SMILES string of the molecule is CCCN1CCN(CCCN2C(=O)c3cc4oc(C)cc4n3C[C@]2(C)C(=O)NC2CCCCC2)CC1. The summed E-state index contributed by atoms with van der Waals surface area (Å²) in [4.78, 5) is 34.5. The molecule has 2 fully saturated rings. The van der Waals surface area contributed by atoms with Crippen LogP contribution in [-0.2, 0) is 11.3 Å². The number of carbonyl (C=O) groups is 2. The lowest BCUT2D eigenvalue weighted by Crippen LogP contribution is -2.65. The van der Waals surface area contributed by atoms with Gasteiger partial charge in [0.1, 0.15) is 17.0 Å². The van der Waals surface area contributed by atoms with E-state index >= 15 is 0 Å². The van der Waals surface area contributed by atoms with Crippen LogP contribution in [-0.4, -0.2) is 88.5 Å². The Morgan fingerprint density at radius 2 is 1.75 bits per heavy atom. The summed E-state index contributed by atoms with van der Waals surface area (Å²) in [7, 11) is 0. The molecule has 2 aromatic heterocycles. The monoisotopic (exact) mass is 497 g/mol. The van der Waals surface area contributed by atoms with Crippen LogP contribution in [0.4, 0.5) is 0 Å². The van der Waals surface area contributed by atoms with Gasteiger partial charge in [0.05, 0.1) is 12.1 Å². The third kappa shape index (κ3) is 4.94. The second kappa shape index (κ2) is 10.6. The van der Waals surface area contributed by atoms with E-state index in [1.807, 2.05) is 35.4 Å². The van der Waals surface area contributed by atoms with E-state index in [1.165, 1.54) is 19.4 Å². The van der Waals surface area contributed by atoms with Crippen molar-refractivity contribution < 1.29 is 14.0 Å². The van der Waals surface area contributed by atoms with Crippen LogP contribution in [0.15, 0.2) is 16.5 Å². The van der Waals surface area contributed by atoms with Gasteiger partial charge in [0, 0.05) is 50.9 Å². The zero-order chi connectivity index (χ0) is 25.3. The fraction of sp³-hybridized carbons (Fsp3) is 0.714. The van der Waals surface area contributed by atoms with Crippen LogP contribution in [0.3, 0.4) is 0 Å². The molecule has 2 aromatic rings. The van der Waals surface area contributed by atoms with E-state index in [4.69, 9.17) is 4.42 Å². The number of amides is 2. The Labute approximate surface area is 214 Å². The van der Waals surface area contributed by atoms with Crippen molar-refractivity contribution in [1.29, 1.82) is 0 Å². The van der Waals surface area contributed by atoms with Gasteiger partial charge < -0.3 is 29.0 Å². The Bertz CT molecular complexity index is 1080. The molecule has 2 aliphatic heterocycles. The maximum absolute atomic E-state index is 13.8. The van der Waals surface area contributed by atoms with Crippen molar-refractivity contribution in [2.45, 2.75) is 83.8 Å². The first-order valence-corrected chi connectivity index (χ1v) is 14.1. The third-order valence-electron chi connectivity index (χ3n) is 8.53. The first-order valence-electron chi connectivity index (χ1n) is 14.1.